The van der Waals surface area contributed by atoms with Crippen molar-refractivity contribution in [2.24, 2.45) is 0 Å². The third-order valence-corrected chi connectivity index (χ3v) is 2.70. The second-order valence-corrected chi connectivity index (χ2v) is 4.51. The number of carbonyl (C=O) groups excluding carboxylic acids is 1. The summed E-state index contributed by atoms with van der Waals surface area (Å²) in [4.78, 5) is 10.5. The number of alkyl halides is 13. The molecule has 2 nitrogen and oxygen atoms in total. The molecule has 0 bridgehead atoms. The monoisotopic (exact) mass is 406 g/mol. The molecule has 0 N–H and O–H groups in total. The zero-order valence-corrected chi connectivity index (χ0v) is 11.6. The third kappa shape index (κ3) is 3.59. The molecule has 0 aliphatic rings. The van der Waals surface area contributed by atoms with E-state index in [1.54, 1.807) is 0 Å². The van der Waals surface area contributed by atoms with Gasteiger partial charge in [0.1, 0.15) is 0 Å². The molecule has 0 rings (SSSR count). The summed E-state index contributed by atoms with van der Waals surface area (Å²) in [6, 6.07) is 0. The Morgan fingerprint density at radius 3 is 1.36 bits per heavy atom. The van der Waals surface area contributed by atoms with Gasteiger partial charge >= 0.3 is 41.8 Å². The van der Waals surface area contributed by atoms with Crippen LogP contribution in [0.4, 0.5) is 57.1 Å². The van der Waals surface area contributed by atoms with Crippen molar-refractivity contribution < 1.29 is 66.6 Å². The van der Waals surface area contributed by atoms with Gasteiger partial charge in [-0.15, -0.1) is 0 Å². The van der Waals surface area contributed by atoms with Crippen molar-refractivity contribution in [1.29, 1.82) is 0 Å². The van der Waals surface area contributed by atoms with E-state index in [2.05, 4.69) is 4.74 Å². The summed E-state index contributed by atoms with van der Waals surface area (Å²) in [5, 5.41) is 0. The molecule has 0 amide bonds. The molecule has 0 saturated carbocycles. The summed E-state index contributed by atoms with van der Waals surface area (Å²) in [7, 11) is 0. The van der Waals surface area contributed by atoms with Crippen LogP contribution in [0.15, 0.2) is 0 Å². The SMILES string of the molecule is CCC(=O)OCC(F)(F)C(F)(F)C(F)(F)C(F)(F)C(F)(F)C(F)(F)F. The molecule has 0 atom stereocenters. The van der Waals surface area contributed by atoms with Gasteiger partial charge in [-0.2, -0.15) is 57.1 Å². The van der Waals surface area contributed by atoms with Gasteiger partial charge in [0, 0.05) is 6.42 Å². The average Bonchev–Trinajstić information content (AvgIpc) is 2.42. The smallest absolute Gasteiger partial charge is 0.459 e. The highest BCUT2D eigenvalue weighted by Crippen LogP contribution is 2.60. The maximum Gasteiger partial charge on any atom is 0.460 e. The minimum absolute atomic E-state index is 0.750. The lowest BCUT2D eigenvalue weighted by Crippen LogP contribution is -2.70. The predicted molar refractivity (Wildman–Crippen MR) is 52.0 cm³/mol. The molecular formula is C10H7F13O2. The highest BCUT2D eigenvalue weighted by atomic mass is 19.4. The Bertz CT molecular complexity index is 494. The first-order chi connectivity index (χ1) is 10.7. The van der Waals surface area contributed by atoms with E-state index in [0.717, 1.165) is 6.92 Å². The Kier molecular flexibility index (Phi) is 6.01. The Hall–Kier alpha value is -1.44. The first-order valence-corrected chi connectivity index (χ1v) is 5.82. The van der Waals surface area contributed by atoms with Crippen LogP contribution in [-0.2, 0) is 9.53 Å². The van der Waals surface area contributed by atoms with Crippen molar-refractivity contribution >= 4 is 5.97 Å². The molecule has 0 spiro atoms. The Balaban J connectivity index is 5.98. The van der Waals surface area contributed by atoms with Gasteiger partial charge in [-0.3, -0.25) is 4.79 Å². The minimum Gasteiger partial charge on any atom is -0.459 e. The van der Waals surface area contributed by atoms with E-state index >= 15 is 0 Å². The lowest BCUT2D eigenvalue weighted by molar-refractivity contribution is -0.441. The lowest BCUT2D eigenvalue weighted by atomic mass is 9.94. The van der Waals surface area contributed by atoms with Crippen molar-refractivity contribution in [3.8, 4) is 0 Å². The van der Waals surface area contributed by atoms with Gasteiger partial charge in [0.15, 0.2) is 6.61 Å². The molecule has 0 unspecified atom stereocenters. The number of carbonyl (C=O) groups is 1. The van der Waals surface area contributed by atoms with E-state index in [9.17, 15) is 61.9 Å². The Labute approximate surface area is 129 Å². The van der Waals surface area contributed by atoms with E-state index in [0.29, 0.717) is 0 Å². The van der Waals surface area contributed by atoms with Crippen molar-refractivity contribution in [2.45, 2.75) is 49.1 Å². The van der Waals surface area contributed by atoms with Crippen LogP contribution in [0.1, 0.15) is 13.3 Å². The van der Waals surface area contributed by atoms with Gasteiger partial charge in [-0.1, -0.05) is 6.92 Å². The molecular weight excluding hydrogens is 399 g/mol. The fourth-order valence-corrected chi connectivity index (χ4v) is 1.17. The van der Waals surface area contributed by atoms with Gasteiger partial charge in [0.05, 0.1) is 0 Å². The summed E-state index contributed by atoms with van der Waals surface area (Å²) in [6.45, 7) is -2.04. The van der Waals surface area contributed by atoms with Gasteiger partial charge in [-0.05, 0) is 0 Å². The molecule has 0 aromatic heterocycles. The number of ether oxygens (including phenoxy) is 1. The summed E-state index contributed by atoms with van der Waals surface area (Å²) >= 11 is 0. The molecule has 0 radical (unpaired) electrons. The number of rotatable bonds is 7. The lowest BCUT2D eigenvalue weighted by Gasteiger charge is -2.39. The first-order valence-electron chi connectivity index (χ1n) is 5.82. The van der Waals surface area contributed by atoms with Crippen LogP contribution in [0.5, 0.6) is 0 Å². The Morgan fingerprint density at radius 1 is 0.680 bits per heavy atom. The highest BCUT2D eigenvalue weighted by molar-refractivity contribution is 5.68. The van der Waals surface area contributed by atoms with Crippen LogP contribution in [0, 0.1) is 0 Å². The van der Waals surface area contributed by atoms with Crippen LogP contribution in [-0.4, -0.2) is 48.4 Å². The normalized spacial score (nSPS) is 15.3. The molecule has 0 saturated heterocycles. The number of hydrogen-bond donors (Lipinski definition) is 0. The quantitative estimate of drug-likeness (QED) is 0.454. The largest absolute Gasteiger partial charge is 0.460 e. The zero-order chi connectivity index (χ0) is 20.7. The van der Waals surface area contributed by atoms with E-state index in [1.165, 1.54) is 0 Å². The second kappa shape index (κ2) is 6.37. The van der Waals surface area contributed by atoms with Crippen LogP contribution in [0.3, 0.4) is 0 Å². The molecule has 0 aliphatic heterocycles. The molecule has 150 valence electrons. The van der Waals surface area contributed by atoms with Gasteiger partial charge in [-0.25, -0.2) is 0 Å². The molecule has 0 aromatic carbocycles. The van der Waals surface area contributed by atoms with Crippen LogP contribution in [0.2, 0.25) is 0 Å². The first kappa shape index (κ1) is 23.6. The summed E-state index contributed by atoms with van der Waals surface area (Å²) in [6.07, 6.45) is -8.21. The van der Waals surface area contributed by atoms with E-state index in [4.69, 9.17) is 0 Å². The number of hydrogen-bond acceptors (Lipinski definition) is 2. The van der Waals surface area contributed by atoms with Crippen molar-refractivity contribution in [3.63, 3.8) is 0 Å². The van der Waals surface area contributed by atoms with Crippen LogP contribution < -0.4 is 0 Å². The topological polar surface area (TPSA) is 26.3 Å². The molecule has 0 heterocycles. The van der Waals surface area contributed by atoms with Crippen molar-refractivity contribution in [3.05, 3.63) is 0 Å². The average molecular weight is 406 g/mol. The predicted octanol–water partition coefficient (Wildman–Crippen LogP) is 4.68. The Morgan fingerprint density at radius 2 is 1.04 bits per heavy atom. The standard InChI is InChI=1S/C10H7F13O2/c1-2-4(24)25-3-5(11,12)6(13,14)7(15,16)8(17,18)9(19,20)10(21,22)23/h2-3H2,1H3. The van der Waals surface area contributed by atoms with Crippen LogP contribution in [0.25, 0.3) is 0 Å². The van der Waals surface area contributed by atoms with E-state index in [-0.39, 0.29) is 0 Å². The summed E-state index contributed by atoms with van der Waals surface area (Å²) in [5.41, 5.74) is 0. The fraction of sp³-hybridized carbons (Fsp3) is 0.900. The molecule has 25 heavy (non-hydrogen) atoms. The molecule has 0 aromatic rings. The highest BCUT2D eigenvalue weighted by Gasteiger charge is 2.90. The maximum absolute atomic E-state index is 13.1. The number of esters is 1. The summed E-state index contributed by atoms with van der Waals surface area (Å²) < 4.78 is 168. The van der Waals surface area contributed by atoms with Crippen LogP contribution >= 0.6 is 0 Å². The minimum atomic E-state index is -7.96. The van der Waals surface area contributed by atoms with Crippen molar-refractivity contribution in [2.75, 3.05) is 6.61 Å². The maximum atomic E-state index is 13.1. The molecule has 0 fully saturated rings. The number of halogens is 13. The molecule has 15 heteroatoms. The van der Waals surface area contributed by atoms with E-state index < -0.39 is 54.8 Å². The van der Waals surface area contributed by atoms with Gasteiger partial charge in [0.25, 0.3) is 0 Å². The summed E-state index contributed by atoms with van der Waals surface area (Å²) in [5.74, 6) is -39.1. The third-order valence-electron chi connectivity index (χ3n) is 2.70. The molecule has 0 aliphatic carbocycles. The second-order valence-electron chi connectivity index (χ2n) is 4.51. The fourth-order valence-electron chi connectivity index (χ4n) is 1.17. The van der Waals surface area contributed by atoms with Crippen molar-refractivity contribution in [1.82, 2.24) is 0 Å². The zero-order valence-electron chi connectivity index (χ0n) is 11.6. The van der Waals surface area contributed by atoms with Gasteiger partial charge in [0.2, 0.25) is 0 Å². The van der Waals surface area contributed by atoms with E-state index in [1.807, 2.05) is 0 Å². The van der Waals surface area contributed by atoms with Gasteiger partial charge < -0.3 is 4.74 Å².